The first-order valence-corrected chi connectivity index (χ1v) is 9.21. The molecule has 2 atom stereocenters. The van der Waals surface area contributed by atoms with Crippen LogP contribution in [0.15, 0.2) is 35.5 Å². The van der Waals surface area contributed by atoms with Crippen molar-refractivity contribution in [3.05, 3.63) is 30.3 Å². The number of hydrogen-bond donors (Lipinski definition) is 2. The van der Waals surface area contributed by atoms with Crippen molar-refractivity contribution in [2.75, 3.05) is 11.9 Å². The average molecular weight is 376 g/mol. The number of nitrogens with one attached hydrogen (secondary N) is 2. The second-order valence-corrected chi connectivity index (χ2v) is 7.16. The molecule has 0 bridgehead atoms. The van der Waals surface area contributed by atoms with Gasteiger partial charge in [0, 0.05) is 12.3 Å². The van der Waals surface area contributed by atoms with Crippen LogP contribution in [0.5, 0.6) is 0 Å². The molecule has 0 saturated carbocycles. The van der Waals surface area contributed by atoms with Crippen molar-refractivity contribution in [2.45, 2.75) is 42.8 Å². The number of carbonyl (C=O) groups is 2. The summed E-state index contributed by atoms with van der Waals surface area (Å²) in [5.41, 5.74) is 0.610. The van der Waals surface area contributed by atoms with Gasteiger partial charge < -0.3 is 10.1 Å². The Morgan fingerprint density at radius 2 is 2.19 bits per heavy atom. The number of urea groups is 1. The number of rotatable bonds is 6. The molecule has 0 radical (unpaired) electrons. The molecule has 1 aliphatic heterocycles. The van der Waals surface area contributed by atoms with Gasteiger partial charge in [0.2, 0.25) is 11.1 Å². The minimum absolute atomic E-state index is 0.0960. The van der Waals surface area contributed by atoms with Gasteiger partial charge in [-0.1, -0.05) is 30.0 Å². The molecule has 10 heteroatoms. The van der Waals surface area contributed by atoms with E-state index in [0.717, 1.165) is 19.4 Å². The van der Waals surface area contributed by atoms with Crippen molar-refractivity contribution < 1.29 is 14.3 Å². The molecule has 9 nitrogen and oxygen atoms in total. The van der Waals surface area contributed by atoms with Crippen LogP contribution in [0, 0.1) is 0 Å². The van der Waals surface area contributed by atoms with E-state index in [2.05, 4.69) is 26.2 Å². The van der Waals surface area contributed by atoms with E-state index in [-0.39, 0.29) is 6.10 Å². The fraction of sp³-hybridized carbons (Fsp3) is 0.438. The van der Waals surface area contributed by atoms with Gasteiger partial charge in [0.1, 0.15) is 0 Å². The third kappa shape index (κ3) is 5.02. The molecular formula is C16H20N6O3S. The van der Waals surface area contributed by atoms with Crippen molar-refractivity contribution >= 4 is 29.4 Å². The molecule has 0 spiro atoms. The summed E-state index contributed by atoms with van der Waals surface area (Å²) >= 11 is 1.20. The number of ether oxygens (including phenoxy) is 1. The third-order valence-corrected chi connectivity index (χ3v) is 4.89. The Labute approximate surface area is 154 Å². The summed E-state index contributed by atoms with van der Waals surface area (Å²) in [4.78, 5) is 24.1. The van der Waals surface area contributed by atoms with E-state index < -0.39 is 17.2 Å². The van der Waals surface area contributed by atoms with Gasteiger partial charge in [-0.15, -0.1) is 5.10 Å². The summed E-state index contributed by atoms with van der Waals surface area (Å²) in [6.07, 6.45) is 2.10. The second kappa shape index (κ2) is 8.77. The van der Waals surface area contributed by atoms with Crippen LogP contribution >= 0.6 is 11.8 Å². The molecule has 1 fully saturated rings. The number of tetrazole rings is 1. The zero-order chi connectivity index (χ0) is 18.4. The molecule has 1 saturated heterocycles. The Kier molecular flexibility index (Phi) is 6.18. The number of anilines is 1. The lowest BCUT2D eigenvalue weighted by molar-refractivity contribution is -0.119. The van der Waals surface area contributed by atoms with E-state index in [1.165, 1.54) is 11.8 Å². The van der Waals surface area contributed by atoms with Crippen LogP contribution in [0.2, 0.25) is 0 Å². The first kappa shape index (κ1) is 18.3. The first-order valence-electron chi connectivity index (χ1n) is 8.33. The van der Waals surface area contributed by atoms with E-state index in [4.69, 9.17) is 4.74 Å². The number of benzene rings is 1. The van der Waals surface area contributed by atoms with Crippen molar-refractivity contribution in [1.82, 2.24) is 25.5 Å². The minimum Gasteiger partial charge on any atom is -0.376 e. The highest BCUT2D eigenvalue weighted by Crippen LogP contribution is 2.22. The van der Waals surface area contributed by atoms with Crippen LogP contribution < -0.4 is 10.6 Å². The number of hydrogen-bond acceptors (Lipinski definition) is 7. The standard InChI is InChI=1S/C16H20N6O3S/c1-11(14(23)18-15(24)17-12-6-3-2-4-7-12)26-16-19-20-21-22(16)10-13-8-5-9-25-13/h2-4,6-7,11,13H,5,8-10H2,1H3,(H2,17,18,23,24). The molecule has 1 aliphatic rings. The quantitative estimate of drug-likeness (QED) is 0.738. The summed E-state index contributed by atoms with van der Waals surface area (Å²) in [7, 11) is 0. The van der Waals surface area contributed by atoms with Gasteiger partial charge in [-0.2, -0.15) is 0 Å². The molecule has 3 rings (SSSR count). The van der Waals surface area contributed by atoms with E-state index in [1.807, 2.05) is 6.07 Å². The monoisotopic (exact) mass is 376 g/mol. The van der Waals surface area contributed by atoms with Gasteiger partial charge in [0.05, 0.1) is 17.9 Å². The summed E-state index contributed by atoms with van der Waals surface area (Å²) in [5.74, 6) is -0.421. The summed E-state index contributed by atoms with van der Waals surface area (Å²) in [6.45, 7) is 3.00. The molecule has 2 aromatic rings. The summed E-state index contributed by atoms with van der Waals surface area (Å²) < 4.78 is 7.22. The number of aromatic nitrogens is 4. The van der Waals surface area contributed by atoms with Crippen LogP contribution in [-0.4, -0.2) is 50.1 Å². The molecule has 0 aliphatic carbocycles. The van der Waals surface area contributed by atoms with Gasteiger partial charge >= 0.3 is 6.03 Å². The van der Waals surface area contributed by atoms with E-state index in [1.54, 1.807) is 35.9 Å². The van der Waals surface area contributed by atoms with E-state index in [0.29, 0.717) is 17.4 Å². The van der Waals surface area contributed by atoms with Crippen molar-refractivity contribution in [3.8, 4) is 0 Å². The topological polar surface area (TPSA) is 111 Å². The maximum Gasteiger partial charge on any atom is 0.325 e. The predicted octanol–water partition coefficient (Wildman–Crippen LogP) is 1.68. The zero-order valence-electron chi connectivity index (χ0n) is 14.3. The Morgan fingerprint density at radius 3 is 2.92 bits per heavy atom. The van der Waals surface area contributed by atoms with Crippen LogP contribution in [0.4, 0.5) is 10.5 Å². The highest BCUT2D eigenvalue weighted by molar-refractivity contribution is 8.00. The number of carbonyl (C=O) groups excluding carboxylic acids is 2. The number of imide groups is 1. The molecule has 138 valence electrons. The highest BCUT2D eigenvalue weighted by atomic mass is 32.2. The molecule has 1 aromatic carbocycles. The van der Waals surface area contributed by atoms with Gasteiger partial charge in [0.25, 0.3) is 0 Å². The van der Waals surface area contributed by atoms with Gasteiger partial charge in [-0.25, -0.2) is 9.48 Å². The lowest BCUT2D eigenvalue weighted by Gasteiger charge is -2.13. The number of amides is 3. The largest absolute Gasteiger partial charge is 0.376 e. The van der Waals surface area contributed by atoms with Crippen molar-refractivity contribution in [2.24, 2.45) is 0 Å². The fourth-order valence-corrected chi connectivity index (χ4v) is 3.28. The van der Waals surface area contributed by atoms with Crippen LogP contribution in [0.1, 0.15) is 19.8 Å². The number of nitrogens with zero attached hydrogens (tertiary/aromatic N) is 4. The lowest BCUT2D eigenvalue weighted by Crippen LogP contribution is -2.39. The zero-order valence-corrected chi connectivity index (χ0v) is 15.1. The fourth-order valence-electron chi connectivity index (χ4n) is 2.49. The van der Waals surface area contributed by atoms with E-state index >= 15 is 0 Å². The molecule has 1 aromatic heterocycles. The molecular weight excluding hydrogens is 356 g/mol. The molecule has 3 amide bonds. The Morgan fingerprint density at radius 1 is 1.38 bits per heavy atom. The van der Waals surface area contributed by atoms with Crippen LogP contribution in [0.3, 0.4) is 0 Å². The Hall–Kier alpha value is -2.46. The Balaban J connectivity index is 1.51. The van der Waals surface area contributed by atoms with Crippen molar-refractivity contribution in [1.29, 1.82) is 0 Å². The predicted molar refractivity (Wildman–Crippen MR) is 95.7 cm³/mol. The normalized spacial score (nSPS) is 17.7. The molecule has 2 unspecified atom stereocenters. The summed E-state index contributed by atoms with van der Waals surface area (Å²) in [5, 5.41) is 16.5. The minimum atomic E-state index is -0.576. The number of thioether (sulfide) groups is 1. The summed E-state index contributed by atoms with van der Waals surface area (Å²) in [6, 6.07) is 8.33. The average Bonchev–Trinajstić information content (AvgIpc) is 3.28. The Bertz CT molecular complexity index is 747. The van der Waals surface area contributed by atoms with Crippen LogP contribution in [0.25, 0.3) is 0 Å². The molecule has 2 heterocycles. The maximum atomic E-state index is 12.2. The van der Waals surface area contributed by atoms with Gasteiger partial charge in [0.15, 0.2) is 0 Å². The first-order chi connectivity index (χ1) is 12.6. The second-order valence-electron chi connectivity index (χ2n) is 5.85. The van der Waals surface area contributed by atoms with E-state index in [9.17, 15) is 9.59 Å². The van der Waals surface area contributed by atoms with Gasteiger partial charge in [-0.3, -0.25) is 10.1 Å². The number of para-hydroxylation sites is 1. The SMILES string of the molecule is CC(Sc1nnnn1CC1CCCO1)C(=O)NC(=O)Nc1ccccc1. The molecule has 26 heavy (non-hydrogen) atoms. The third-order valence-electron chi connectivity index (χ3n) is 3.82. The van der Waals surface area contributed by atoms with Crippen LogP contribution in [-0.2, 0) is 16.1 Å². The highest BCUT2D eigenvalue weighted by Gasteiger charge is 2.23. The van der Waals surface area contributed by atoms with Crippen molar-refractivity contribution in [3.63, 3.8) is 0 Å². The van der Waals surface area contributed by atoms with Gasteiger partial charge in [-0.05, 0) is 42.3 Å². The molecule has 2 N–H and O–H groups in total. The maximum absolute atomic E-state index is 12.2. The smallest absolute Gasteiger partial charge is 0.325 e. The lowest BCUT2D eigenvalue weighted by atomic mass is 10.2.